The van der Waals surface area contributed by atoms with Crippen LogP contribution in [0, 0.1) is 13.1 Å². The van der Waals surface area contributed by atoms with Crippen molar-refractivity contribution in [3.63, 3.8) is 0 Å². The van der Waals surface area contributed by atoms with Gasteiger partial charge in [-0.25, -0.2) is 0 Å². The molecule has 1 fully saturated rings. The average Bonchev–Trinajstić information content (AvgIpc) is 2.84. The molecule has 20 heavy (non-hydrogen) atoms. The number of hydrogen-bond acceptors (Lipinski definition) is 3. The highest BCUT2D eigenvalue weighted by Crippen LogP contribution is 2.27. The van der Waals surface area contributed by atoms with Crippen LogP contribution in [0.25, 0.3) is 0 Å². The van der Waals surface area contributed by atoms with Gasteiger partial charge in [-0.1, -0.05) is 0 Å². The van der Waals surface area contributed by atoms with E-state index in [1.807, 2.05) is 6.07 Å². The van der Waals surface area contributed by atoms with Crippen molar-refractivity contribution in [2.24, 2.45) is 5.92 Å². The maximum Gasteiger partial charge on any atom is 0.133 e. The third kappa shape index (κ3) is 4.45. The summed E-state index contributed by atoms with van der Waals surface area (Å²) in [7, 11) is 0. The van der Waals surface area contributed by atoms with Crippen LogP contribution >= 0.6 is 45.2 Å². The third-order valence-electron chi connectivity index (χ3n) is 3.90. The summed E-state index contributed by atoms with van der Waals surface area (Å²) in [5.41, 5.74) is 1.00. The van der Waals surface area contributed by atoms with E-state index in [-0.39, 0.29) is 0 Å². The maximum atomic E-state index is 10.1. The lowest BCUT2D eigenvalue weighted by Gasteiger charge is -2.20. The quantitative estimate of drug-likeness (QED) is 0.609. The number of likely N-dealkylation sites (tertiary alicyclic amines) is 1. The van der Waals surface area contributed by atoms with Crippen LogP contribution in [-0.4, -0.2) is 35.7 Å². The largest absolute Gasteiger partial charge is 0.507 e. The lowest BCUT2D eigenvalue weighted by atomic mass is 10.1. The molecule has 0 radical (unpaired) electrons. The molecule has 112 valence electrons. The smallest absolute Gasteiger partial charge is 0.133 e. The van der Waals surface area contributed by atoms with E-state index in [1.54, 1.807) is 0 Å². The second-order valence-corrected chi connectivity index (χ2v) is 8.18. The van der Waals surface area contributed by atoms with Crippen molar-refractivity contribution in [1.82, 2.24) is 10.2 Å². The zero-order valence-corrected chi connectivity index (χ0v) is 16.3. The zero-order valence-electron chi connectivity index (χ0n) is 12.0. The lowest BCUT2D eigenvalue weighted by Crippen LogP contribution is -2.30. The molecule has 0 unspecified atom stereocenters. The molecule has 1 saturated heterocycles. The molecule has 1 aromatic carbocycles. The maximum absolute atomic E-state index is 10.1. The summed E-state index contributed by atoms with van der Waals surface area (Å²) in [4.78, 5) is 2.54. The first-order valence-electron chi connectivity index (χ1n) is 7.09. The molecule has 1 heterocycles. The zero-order chi connectivity index (χ0) is 14.7. The number of hydrogen-bond donors (Lipinski definition) is 2. The van der Waals surface area contributed by atoms with Crippen molar-refractivity contribution in [1.29, 1.82) is 0 Å². The first kappa shape index (κ1) is 16.8. The Labute approximate surface area is 148 Å². The van der Waals surface area contributed by atoms with Crippen LogP contribution in [0.2, 0.25) is 0 Å². The number of rotatable bonds is 5. The molecule has 0 saturated carbocycles. The molecule has 2 rings (SSSR count). The Kier molecular flexibility index (Phi) is 6.37. The van der Waals surface area contributed by atoms with Crippen molar-refractivity contribution in [2.75, 3.05) is 19.6 Å². The van der Waals surface area contributed by atoms with E-state index < -0.39 is 0 Å². The molecular weight excluding hydrogens is 478 g/mol. The summed E-state index contributed by atoms with van der Waals surface area (Å²) in [5, 5.41) is 13.6. The number of halogens is 2. The molecule has 0 bridgehead atoms. The third-order valence-corrected chi connectivity index (χ3v) is 5.35. The van der Waals surface area contributed by atoms with Crippen molar-refractivity contribution in [3.8, 4) is 5.75 Å². The molecule has 0 amide bonds. The highest BCUT2D eigenvalue weighted by atomic mass is 127. The fraction of sp³-hybridized carbons (Fsp3) is 0.600. The minimum atomic E-state index is 0.425. The lowest BCUT2D eigenvalue weighted by molar-refractivity contribution is 0.264. The summed E-state index contributed by atoms with van der Waals surface area (Å²) in [6.45, 7) is 8.72. The molecule has 1 aliphatic rings. The number of nitrogens with zero attached hydrogens (tertiary/aromatic N) is 1. The van der Waals surface area contributed by atoms with Gasteiger partial charge in [-0.15, -0.1) is 0 Å². The van der Waals surface area contributed by atoms with Crippen LogP contribution < -0.4 is 5.32 Å². The summed E-state index contributed by atoms with van der Waals surface area (Å²) >= 11 is 4.48. The Hall–Kier alpha value is 0.400. The van der Waals surface area contributed by atoms with E-state index in [9.17, 15) is 5.11 Å². The Balaban J connectivity index is 1.82. The van der Waals surface area contributed by atoms with Gasteiger partial charge in [-0.05, 0) is 96.6 Å². The Morgan fingerprint density at radius 2 is 2.15 bits per heavy atom. The summed E-state index contributed by atoms with van der Waals surface area (Å²) in [5.74, 6) is 1.16. The van der Waals surface area contributed by atoms with Crippen LogP contribution in [0.5, 0.6) is 5.75 Å². The van der Waals surface area contributed by atoms with Crippen LogP contribution in [-0.2, 0) is 6.54 Å². The number of benzene rings is 1. The van der Waals surface area contributed by atoms with Crippen molar-refractivity contribution >= 4 is 45.2 Å². The second-order valence-electron chi connectivity index (χ2n) is 5.77. The van der Waals surface area contributed by atoms with E-state index in [0.717, 1.165) is 28.1 Å². The first-order chi connectivity index (χ1) is 9.47. The minimum Gasteiger partial charge on any atom is -0.507 e. The molecular formula is C15H22I2N2O. The summed E-state index contributed by atoms with van der Waals surface area (Å²) in [6, 6.07) is 4.71. The van der Waals surface area contributed by atoms with E-state index in [4.69, 9.17) is 0 Å². The SMILES string of the molecule is CC(C)N1CC[C@@H](CNCc2cc(I)cc(I)c2O)C1. The molecule has 1 aliphatic heterocycles. The van der Waals surface area contributed by atoms with Gasteiger partial charge in [-0.2, -0.15) is 0 Å². The molecule has 1 aromatic rings. The van der Waals surface area contributed by atoms with Crippen LogP contribution in [0.4, 0.5) is 0 Å². The number of nitrogens with one attached hydrogen (secondary N) is 1. The molecule has 1 atom stereocenters. The van der Waals surface area contributed by atoms with Crippen LogP contribution in [0.15, 0.2) is 12.1 Å². The van der Waals surface area contributed by atoms with Crippen LogP contribution in [0.3, 0.4) is 0 Å². The van der Waals surface area contributed by atoms with Gasteiger partial charge in [0.1, 0.15) is 5.75 Å². The predicted octanol–water partition coefficient (Wildman–Crippen LogP) is 3.42. The molecule has 5 heteroatoms. The van der Waals surface area contributed by atoms with E-state index >= 15 is 0 Å². The monoisotopic (exact) mass is 500 g/mol. The standard InChI is InChI=1S/C15H22I2N2O/c1-10(2)19-4-3-11(9-19)7-18-8-12-5-13(16)6-14(17)15(12)20/h5-6,10-11,18,20H,3-4,7-9H2,1-2H3/t11-/m0/s1. The van der Waals surface area contributed by atoms with Crippen molar-refractivity contribution < 1.29 is 5.11 Å². The number of phenolic OH excluding ortho intramolecular Hbond substituents is 1. The van der Waals surface area contributed by atoms with Gasteiger partial charge in [0.05, 0.1) is 3.57 Å². The molecule has 3 nitrogen and oxygen atoms in total. The fourth-order valence-corrected chi connectivity index (χ4v) is 4.63. The van der Waals surface area contributed by atoms with E-state index in [2.05, 4.69) is 75.3 Å². The van der Waals surface area contributed by atoms with Gasteiger partial charge in [0.15, 0.2) is 0 Å². The topological polar surface area (TPSA) is 35.5 Å². The summed E-state index contributed by atoms with van der Waals surface area (Å²) in [6.07, 6.45) is 1.28. The Bertz CT molecular complexity index is 465. The van der Waals surface area contributed by atoms with Crippen molar-refractivity contribution in [2.45, 2.75) is 32.9 Å². The van der Waals surface area contributed by atoms with Gasteiger partial charge >= 0.3 is 0 Å². The molecule has 0 aromatic heterocycles. The van der Waals surface area contributed by atoms with Gasteiger partial charge in [0, 0.05) is 28.3 Å². The van der Waals surface area contributed by atoms with Gasteiger partial charge in [0.25, 0.3) is 0 Å². The highest BCUT2D eigenvalue weighted by Gasteiger charge is 2.23. The normalized spacial score (nSPS) is 19.9. The average molecular weight is 500 g/mol. The Morgan fingerprint density at radius 3 is 2.80 bits per heavy atom. The van der Waals surface area contributed by atoms with E-state index in [0.29, 0.717) is 11.8 Å². The number of aromatic hydroxyl groups is 1. The molecule has 0 aliphatic carbocycles. The molecule has 0 spiro atoms. The first-order valence-corrected chi connectivity index (χ1v) is 9.24. The van der Waals surface area contributed by atoms with Gasteiger partial charge in [-0.3, -0.25) is 0 Å². The van der Waals surface area contributed by atoms with Gasteiger partial charge in [0.2, 0.25) is 0 Å². The highest BCUT2D eigenvalue weighted by molar-refractivity contribution is 14.1. The number of phenols is 1. The predicted molar refractivity (Wildman–Crippen MR) is 100 cm³/mol. The van der Waals surface area contributed by atoms with Gasteiger partial charge < -0.3 is 15.3 Å². The fourth-order valence-electron chi connectivity index (χ4n) is 2.66. The second kappa shape index (κ2) is 7.60. The summed E-state index contributed by atoms with van der Waals surface area (Å²) < 4.78 is 2.10. The molecule has 2 N–H and O–H groups in total. The van der Waals surface area contributed by atoms with E-state index in [1.165, 1.54) is 23.1 Å². The Morgan fingerprint density at radius 1 is 1.40 bits per heavy atom. The van der Waals surface area contributed by atoms with Crippen molar-refractivity contribution in [3.05, 3.63) is 24.8 Å². The minimum absolute atomic E-state index is 0.425. The van der Waals surface area contributed by atoms with Crippen LogP contribution in [0.1, 0.15) is 25.8 Å².